The zero-order valence-electron chi connectivity index (χ0n) is 38.4. The first-order chi connectivity index (χ1) is 30.5. The summed E-state index contributed by atoms with van der Waals surface area (Å²) in [5.74, 6) is -7.22. The van der Waals surface area contributed by atoms with Gasteiger partial charge in [0.2, 0.25) is 0 Å². The number of rotatable bonds is 16. The van der Waals surface area contributed by atoms with Crippen molar-refractivity contribution >= 4 is 87.9 Å². The van der Waals surface area contributed by atoms with Crippen LogP contribution in [0.3, 0.4) is 0 Å². The first-order valence-electron chi connectivity index (χ1n) is 21.5. The van der Waals surface area contributed by atoms with Gasteiger partial charge < -0.3 is 29.0 Å². The fourth-order valence-electron chi connectivity index (χ4n) is 8.38. The Bertz CT molecular complexity index is 2330. The molecule has 6 rings (SSSR count). The second-order valence-electron chi connectivity index (χ2n) is 17.9. The van der Waals surface area contributed by atoms with Crippen LogP contribution >= 0.6 is 50.2 Å². The molecule has 2 aliphatic rings. The molecule has 2 aliphatic heterocycles. The minimum Gasteiger partial charge on any atom is -0.451 e. The molecule has 0 saturated carbocycles. The number of hydrogen-bond donors (Lipinski definition) is 2. The molecule has 2 atom stereocenters. The van der Waals surface area contributed by atoms with Crippen molar-refractivity contribution in [3.05, 3.63) is 130 Å². The lowest BCUT2D eigenvalue weighted by Crippen LogP contribution is -2.54. The van der Waals surface area contributed by atoms with Gasteiger partial charge in [0.05, 0.1) is 0 Å². The monoisotopic (exact) mass is 1000 g/mol. The number of halogens is 4. The molecule has 0 aromatic heterocycles. The van der Waals surface area contributed by atoms with Gasteiger partial charge in [0.1, 0.15) is 11.6 Å². The molecule has 2 N–H and O–H groups in total. The standard InChI is InChI=1S/C26H29BClFO5.C23H25BClFO5.2H2S/c1-5-12-26(23(30)33-25(2,3)34-24(26)31)15-18(16-27(4)32)13-17-6-8-19(9-7-17)21-14-20(28)10-11-22(21)29;1-23(2)30-21(27)19(22(28)31-23)11-15(13-24(3)29)10-14-4-6-16(7-5-14)18-12-17(25)8-9-20(18)26;;/h5-11,14,18,32H,1,12-13,15-16H2,2-4H3;4-9,12,15,19,29H,10-11,13H2,1-3H3;2*1H2/t18-;15-;;/m01../s1. The van der Waals surface area contributed by atoms with E-state index in [-0.39, 0.29) is 69.7 Å². The zero-order chi connectivity index (χ0) is 47.9. The summed E-state index contributed by atoms with van der Waals surface area (Å²) in [6, 6.07) is 23.5. The number of hydrogen-bond acceptors (Lipinski definition) is 10. The van der Waals surface area contributed by atoms with Gasteiger partial charge in [0.25, 0.3) is 25.4 Å². The Kier molecular flexibility index (Phi) is 20.7. The van der Waals surface area contributed by atoms with Crippen LogP contribution in [0.5, 0.6) is 0 Å². The van der Waals surface area contributed by atoms with Gasteiger partial charge in [-0.05, 0) is 115 Å². The third-order valence-corrected chi connectivity index (χ3v) is 11.7. The molecule has 0 radical (unpaired) electrons. The van der Waals surface area contributed by atoms with Crippen molar-refractivity contribution in [2.75, 3.05) is 0 Å². The number of cyclic esters (lactones) is 4. The van der Waals surface area contributed by atoms with E-state index in [4.69, 9.17) is 42.1 Å². The summed E-state index contributed by atoms with van der Waals surface area (Å²) in [5, 5.41) is 20.9. The van der Waals surface area contributed by atoms with Crippen LogP contribution in [0.1, 0.15) is 58.1 Å². The Morgan fingerprint density at radius 2 is 1.04 bits per heavy atom. The van der Waals surface area contributed by atoms with Gasteiger partial charge in [-0.15, -0.1) is 6.58 Å². The summed E-state index contributed by atoms with van der Waals surface area (Å²) < 4.78 is 49.6. The first-order valence-corrected chi connectivity index (χ1v) is 22.2. The Hall–Kier alpha value is -4.31. The Labute approximate surface area is 416 Å². The van der Waals surface area contributed by atoms with Crippen LogP contribution in [0.2, 0.25) is 36.3 Å². The van der Waals surface area contributed by atoms with Crippen LogP contribution in [0.25, 0.3) is 22.3 Å². The highest BCUT2D eigenvalue weighted by molar-refractivity contribution is 7.59. The fraction of sp³-hybridized carbons (Fsp3) is 0.388. The molecule has 360 valence electrons. The van der Waals surface area contributed by atoms with Gasteiger partial charge in [0.15, 0.2) is 11.3 Å². The quantitative estimate of drug-likeness (QED) is 0.0481. The third-order valence-electron chi connectivity index (χ3n) is 11.2. The predicted octanol–water partition coefficient (Wildman–Crippen LogP) is 10.7. The number of carbonyl (C=O) groups excluding carboxylic acids is 4. The van der Waals surface area contributed by atoms with Crippen molar-refractivity contribution in [3.8, 4) is 22.3 Å². The van der Waals surface area contributed by atoms with Gasteiger partial charge in [-0.2, -0.15) is 27.0 Å². The maximum Gasteiger partial charge on any atom is 0.327 e. The molecule has 2 fully saturated rings. The molecule has 0 unspecified atom stereocenters. The lowest BCUT2D eigenvalue weighted by Gasteiger charge is -2.41. The molecule has 0 bridgehead atoms. The van der Waals surface area contributed by atoms with E-state index < -0.39 is 60.6 Å². The molecular formula is C49H58B2Cl2F2O10S2. The summed E-state index contributed by atoms with van der Waals surface area (Å²) in [4.78, 5) is 50.6. The van der Waals surface area contributed by atoms with Gasteiger partial charge in [-0.1, -0.05) is 91.5 Å². The predicted molar refractivity (Wildman–Crippen MR) is 269 cm³/mol. The van der Waals surface area contributed by atoms with Crippen molar-refractivity contribution in [3.63, 3.8) is 0 Å². The number of carbonyl (C=O) groups is 4. The van der Waals surface area contributed by atoms with E-state index in [0.717, 1.165) is 11.1 Å². The molecule has 2 saturated heterocycles. The van der Waals surface area contributed by atoms with Crippen molar-refractivity contribution < 1.29 is 57.0 Å². The van der Waals surface area contributed by atoms with E-state index in [1.807, 2.05) is 24.3 Å². The topological polar surface area (TPSA) is 146 Å². The maximum atomic E-state index is 14.2. The first kappa shape index (κ1) is 57.0. The number of esters is 4. The molecule has 4 aromatic rings. The van der Waals surface area contributed by atoms with Gasteiger partial charge in [0, 0.05) is 48.9 Å². The van der Waals surface area contributed by atoms with Crippen molar-refractivity contribution in [1.29, 1.82) is 0 Å². The lowest BCUT2D eigenvalue weighted by atomic mass is 9.60. The molecular weight excluding hydrogens is 943 g/mol. The average Bonchev–Trinajstić information content (AvgIpc) is 3.20. The minimum atomic E-state index is -1.51. The van der Waals surface area contributed by atoms with E-state index in [9.17, 15) is 38.0 Å². The van der Waals surface area contributed by atoms with E-state index in [0.29, 0.717) is 57.8 Å². The maximum absolute atomic E-state index is 14.2. The fourth-order valence-corrected chi connectivity index (χ4v) is 8.73. The summed E-state index contributed by atoms with van der Waals surface area (Å²) in [6.07, 6.45) is 3.73. The Morgan fingerprint density at radius 1 is 0.657 bits per heavy atom. The van der Waals surface area contributed by atoms with E-state index >= 15 is 0 Å². The van der Waals surface area contributed by atoms with Crippen LogP contribution in [-0.4, -0.2) is 59.3 Å². The normalized spacial score (nSPS) is 16.8. The summed E-state index contributed by atoms with van der Waals surface area (Å²) in [5.41, 5.74) is 2.53. The largest absolute Gasteiger partial charge is 0.451 e. The second kappa shape index (κ2) is 24.3. The van der Waals surface area contributed by atoms with Crippen LogP contribution in [0.15, 0.2) is 97.6 Å². The van der Waals surface area contributed by atoms with E-state index in [1.165, 1.54) is 58.0 Å². The summed E-state index contributed by atoms with van der Waals surface area (Å²) >= 11 is 12.0. The van der Waals surface area contributed by atoms with Crippen molar-refractivity contribution in [2.24, 2.45) is 23.2 Å². The minimum absolute atomic E-state index is 0. The van der Waals surface area contributed by atoms with Gasteiger partial charge in [-0.25, -0.2) is 8.78 Å². The van der Waals surface area contributed by atoms with E-state index in [1.54, 1.807) is 50.0 Å². The third kappa shape index (κ3) is 15.6. The second-order valence-corrected chi connectivity index (χ2v) is 18.8. The zero-order valence-corrected chi connectivity index (χ0v) is 41.9. The van der Waals surface area contributed by atoms with Gasteiger partial charge in [-0.3, -0.25) is 19.2 Å². The summed E-state index contributed by atoms with van der Waals surface area (Å²) in [6.45, 7) is 11.8. The molecule has 18 heteroatoms. The number of benzene rings is 4. The lowest BCUT2D eigenvalue weighted by molar-refractivity contribution is -0.252. The molecule has 4 aromatic carbocycles. The molecule has 0 amide bonds. The highest BCUT2D eigenvalue weighted by atomic mass is 35.5. The molecule has 10 nitrogen and oxygen atoms in total. The van der Waals surface area contributed by atoms with Gasteiger partial charge >= 0.3 is 23.9 Å². The number of ether oxygens (including phenoxy) is 4. The van der Waals surface area contributed by atoms with Crippen molar-refractivity contribution in [2.45, 2.75) is 97.7 Å². The SMILES string of the molecule is C=CCC1(C[C@@H](CB(C)O)Cc2ccc(-c3cc(Cl)ccc3F)cc2)C(=O)OC(C)(C)OC1=O.CB(O)C[C@H](Cc1ccc(-c2cc(Cl)ccc2F)cc1)CC1C(=O)OC(C)(C)OC1=O.S.S. The van der Waals surface area contributed by atoms with E-state index in [2.05, 4.69) is 6.58 Å². The molecule has 67 heavy (non-hydrogen) atoms. The highest BCUT2D eigenvalue weighted by Gasteiger charge is 2.56. The number of allylic oxidation sites excluding steroid dienone is 1. The van der Waals surface area contributed by atoms with Crippen molar-refractivity contribution in [1.82, 2.24) is 0 Å². The Balaban J connectivity index is 0.000000346. The highest BCUT2D eigenvalue weighted by Crippen LogP contribution is 2.43. The average molecular weight is 1000 g/mol. The van der Waals surface area contributed by atoms with Crippen LogP contribution in [0.4, 0.5) is 8.78 Å². The molecule has 0 spiro atoms. The van der Waals surface area contributed by atoms with Crippen LogP contribution in [0, 0.1) is 34.8 Å². The summed E-state index contributed by atoms with van der Waals surface area (Å²) in [7, 11) is 0. The van der Waals surface area contributed by atoms with Crippen LogP contribution < -0.4 is 0 Å². The molecule has 0 aliphatic carbocycles. The molecule has 2 heterocycles. The smallest absolute Gasteiger partial charge is 0.327 e. The Morgan fingerprint density at radius 3 is 1.45 bits per heavy atom. The van der Waals surface area contributed by atoms with Crippen LogP contribution in [-0.2, 0) is 51.0 Å².